The number of aromatic nitrogens is 2. The van der Waals surface area contributed by atoms with Crippen molar-refractivity contribution in [2.45, 2.75) is 64.2 Å². The SMILES string of the molecule is CC(C)(C)c1ccc(-c2[c-]cccc2)nc1.N#Cc1c(-c2ccc(C3CCCCC3)cc2)ccc2c1oc1c(-c3ccccn3)[c-]ccc12.[Ir]. The summed E-state index contributed by atoms with van der Waals surface area (Å²) in [6.07, 6.45) is 10.3. The second-order valence-corrected chi connectivity index (χ2v) is 13.8. The fraction of sp³-hybridized carbons (Fsp3) is 0.222. The van der Waals surface area contributed by atoms with Crippen molar-refractivity contribution in [3.63, 3.8) is 0 Å². The second-order valence-electron chi connectivity index (χ2n) is 13.8. The molecular weight excluding hydrogens is 791 g/mol. The van der Waals surface area contributed by atoms with E-state index in [1.54, 1.807) is 6.20 Å². The van der Waals surface area contributed by atoms with E-state index in [-0.39, 0.29) is 25.5 Å². The molecule has 1 aliphatic carbocycles. The van der Waals surface area contributed by atoms with Gasteiger partial charge in [-0.05, 0) is 58.3 Å². The molecule has 0 aliphatic heterocycles. The normalized spacial score (nSPS) is 13.2. The number of nitriles is 1. The van der Waals surface area contributed by atoms with Crippen LogP contribution in [0.5, 0.6) is 0 Å². The molecular formula is C45H39IrN3O-2. The fourth-order valence-electron chi connectivity index (χ4n) is 6.78. The van der Waals surface area contributed by atoms with Crippen LogP contribution in [0.1, 0.15) is 75.5 Å². The van der Waals surface area contributed by atoms with Crippen molar-refractivity contribution in [1.29, 1.82) is 5.26 Å². The average molecular weight is 830 g/mol. The van der Waals surface area contributed by atoms with Crippen LogP contribution in [0.3, 0.4) is 0 Å². The van der Waals surface area contributed by atoms with E-state index in [0.717, 1.165) is 44.4 Å². The van der Waals surface area contributed by atoms with E-state index in [4.69, 9.17) is 4.42 Å². The van der Waals surface area contributed by atoms with E-state index in [9.17, 15) is 5.26 Å². The van der Waals surface area contributed by atoms with Gasteiger partial charge in [-0.25, -0.2) is 0 Å². The molecule has 1 saturated carbocycles. The molecule has 0 amide bonds. The molecule has 3 heterocycles. The van der Waals surface area contributed by atoms with Crippen LogP contribution in [0.2, 0.25) is 0 Å². The van der Waals surface area contributed by atoms with E-state index in [1.807, 2.05) is 66.9 Å². The largest absolute Gasteiger partial charge is 0.499 e. The third kappa shape index (κ3) is 7.34. The third-order valence-corrected chi connectivity index (χ3v) is 9.55. The van der Waals surface area contributed by atoms with Crippen molar-refractivity contribution < 1.29 is 24.5 Å². The monoisotopic (exact) mass is 830 g/mol. The molecule has 8 rings (SSSR count). The molecule has 1 radical (unpaired) electrons. The van der Waals surface area contributed by atoms with Gasteiger partial charge in [0.2, 0.25) is 0 Å². The van der Waals surface area contributed by atoms with Gasteiger partial charge >= 0.3 is 0 Å². The van der Waals surface area contributed by atoms with Gasteiger partial charge in [-0.3, -0.25) is 0 Å². The summed E-state index contributed by atoms with van der Waals surface area (Å²) in [6.45, 7) is 6.58. The number of furan rings is 1. The summed E-state index contributed by atoms with van der Waals surface area (Å²) in [5, 5.41) is 12.0. The van der Waals surface area contributed by atoms with E-state index in [0.29, 0.717) is 22.6 Å². The molecule has 4 aromatic carbocycles. The molecule has 4 nitrogen and oxygen atoms in total. The van der Waals surface area contributed by atoms with Crippen LogP contribution >= 0.6 is 0 Å². The van der Waals surface area contributed by atoms with Crippen molar-refractivity contribution in [1.82, 2.24) is 9.97 Å². The Bertz CT molecular complexity index is 2220. The van der Waals surface area contributed by atoms with Crippen LogP contribution in [0.4, 0.5) is 0 Å². The van der Waals surface area contributed by atoms with Gasteiger partial charge < -0.3 is 14.4 Å². The average Bonchev–Trinajstić information content (AvgIpc) is 3.55. The first-order valence-corrected chi connectivity index (χ1v) is 17.2. The molecule has 0 saturated heterocycles. The van der Waals surface area contributed by atoms with Crippen molar-refractivity contribution in [2.24, 2.45) is 0 Å². The summed E-state index contributed by atoms with van der Waals surface area (Å²) >= 11 is 0. The van der Waals surface area contributed by atoms with Crippen LogP contribution in [0.15, 0.2) is 120 Å². The molecule has 0 spiro atoms. The minimum atomic E-state index is 0. The first-order chi connectivity index (χ1) is 23.9. The minimum Gasteiger partial charge on any atom is -0.499 e. The molecule has 50 heavy (non-hydrogen) atoms. The van der Waals surface area contributed by atoms with Crippen LogP contribution in [-0.4, -0.2) is 9.97 Å². The van der Waals surface area contributed by atoms with Gasteiger partial charge in [0.25, 0.3) is 0 Å². The number of hydrogen-bond donors (Lipinski definition) is 0. The van der Waals surface area contributed by atoms with Crippen LogP contribution in [-0.2, 0) is 25.5 Å². The maximum Gasteiger partial charge on any atom is 0.139 e. The van der Waals surface area contributed by atoms with Gasteiger partial charge in [-0.2, -0.15) is 5.26 Å². The summed E-state index contributed by atoms with van der Waals surface area (Å²) in [4.78, 5) is 8.95. The molecule has 0 unspecified atom stereocenters. The Balaban J connectivity index is 0.000000215. The number of rotatable bonds is 4. The predicted molar refractivity (Wildman–Crippen MR) is 199 cm³/mol. The van der Waals surface area contributed by atoms with Gasteiger partial charge in [0.1, 0.15) is 17.2 Å². The fourth-order valence-corrected chi connectivity index (χ4v) is 6.78. The molecule has 7 aromatic rings. The van der Waals surface area contributed by atoms with Crippen molar-refractivity contribution in [2.75, 3.05) is 0 Å². The zero-order valence-corrected chi connectivity index (χ0v) is 31.1. The number of pyridine rings is 2. The molecule has 0 bridgehead atoms. The maximum absolute atomic E-state index is 10.1. The number of fused-ring (bicyclic) bond motifs is 3. The van der Waals surface area contributed by atoms with E-state index >= 15 is 0 Å². The summed E-state index contributed by atoms with van der Waals surface area (Å²) in [5.74, 6) is 0.669. The van der Waals surface area contributed by atoms with Crippen molar-refractivity contribution in [3.05, 3.63) is 144 Å². The van der Waals surface area contributed by atoms with Gasteiger partial charge in [-0.1, -0.05) is 112 Å². The predicted octanol–water partition coefficient (Wildman–Crippen LogP) is 11.9. The topological polar surface area (TPSA) is 62.7 Å². The van der Waals surface area contributed by atoms with E-state index < -0.39 is 0 Å². The van der Waals surface area contributed by atoms with E-state index in [1.165, 1.54) is 43.2 Å². The smallest absolute Gasteiger partial charge is 0.139 e. The Morgan fingerprint density at radius 1 is 0.740 bits per heavy atom. The maximum atomic E-state index is 10.1. The first kappa shape index (κ1) is 35.0. The first-order valence-electron chi connectivity index (χ1n) is 17.2. The molecule has 1 aliphatic rings. The number of benzene rings is 4. The standard InChI is InChI=1S/C30H23N2O.C15H16N.Ir/c31-19-27-23(22-14-12-21(13-15-22)20-7-2-1-3-8-20)16-17-25-24-9-6-10-26(29(24)33-30(25)27)28-11-4-5-18-32-28;1-15(2,3)13-9-10-14(16-11-13)12-7-5-4-6-8-12;/h4-6,9,11-18,20H,1-3,7-8H2;4-7,9-11H,1-3H3;/q2*-1;. The Labute approximate surface area is 308 Å². The Kier molecular flexibility index (Phi) is 10.7. The number of nitrogens with zero attached hydrogens (tertiary/aromatic N) is 3. The van der Waals surface area contributed by atoms with Crippen molar-refractivity contribution in [3.8, 4) is 39.7 Å². The second kappa shape index (κ2) is 15.3. The Morgan fingerprint density at radius 3 is 2.18 bits per heavy atom. The Hall–Kier alpha value is -4.88. The third-order valence-electron chi connectivity index (χ3n) is 9.55. The molecule has 3 aromatic heterocycles. The van der Waals surface area contributed by atoms with Crippen LogP contribution < -0.4 is 0 Å². The van der Waals surface area contributed by atoms with Crippen LogP contribution in [0.25, 0.3) is 55.6 Å². The summed E-state index contributed by atoms with van der Waals surface area (Å²) in [7, 11) is 0. The zero-order chi connectivity index (χ0) is 33.8. The minimum absolute atomic E-state index is 0. The summed E-state index contributed by atoms with van der Waals surface area (Å²) in [6, 6.07) is 43.6. The Morgan fingerprint density at radius 2 is 1.52 bits per heavy atom. The molecule has 0 atom stereocenters. The van der Waals surface area contributed by atoms with Gasteiger partial charge in [-0.15, -0.1) is 54.1 Å². The van der Waals surface area contributed by atoms with Gasteiger partial charge in [0.15, 0.2) is 0 Å². The van der Waals surface area contributed by atoms with Gasteiger partial charge in [0, 0.05) is 43.4 Å². The molecule has 1 fully saturated rings. The molecule has 5 heteroatoms. The quantitative estimate of drug-likeness (QED) is 0.166. The molecule has 0 N–H and O–H groups in total. The molecule has 251 valence electrons. The number of hydrogen-bond acceptors (Lipinski definition) is 4. The van der Waals surface area contributed by atoms with E-state index in [2.05, 4.69) is 91.4 Å². The zero-order valence-electron chi connectivity index (χ0n) is 28.7. The van der Waals surface area contributed by atoms with Crippen molar-refractivity contribution >= 4 is 21.9 Å². The van der Waals surface area contributed by atoms with Crippen LogP contribution in [0, 0.1) is 23.5 Å². The summed E-state index contributed by atoms with van der Waals surface area (Å²) < 4.78 is 6.35. The summed E-state index contributed by atoms with van der Waals surface area (Å²) in [5.41, 5.74) is 10.3. The van der Waals surface area contributed by atoms with Gasteiger partial charge in [0.05, 0.1) is 5.58 Å².